The molecule has 1 aliphatic rings. The average molecular weight is 422 g/mol. The predicted molar refractivity (Wildman–Crippen MR) is 123 cm³/mol. The van der Waals surface area contributed by atoms with Gasteiger partial charge in [0.2, 0.25) is 5.91 Å². The van der Waals surface area contributed by atoms with Crippen LogP contribution in [0.5, 0.6) is 5.75 Å². The van der Waals surface area contributed by atoms with E-state index in [1.54, 1.807) is 7.11 Å². The van der Waals surface area contributed by atoms with Gasteiger partial charge in [-0.2, -0.15) is 0 Å². The molecule has 1 saturated heterocycles. The van der Waals surface area contributed by atoms with E-state index in [1.165, 1.54) is 0 Å². The van der Waals surface area contributed by atoms with E-state index in [4.69, 9.17) is 9.47 Å². The van der Waals surface area contributed by atoms with Crippen molar-refractivity contribution >= 4 is 16.8 Å². The number of carbonyl (C=O) groups is 1. The van der Waals surface area contributed by atoms with E-state index in [1.807, 2.05) is 36.5 Å². The standard InChI is InChI=1S/C25H31N3O3/c1-30-20-7-4-6-19(16-20)22(23-18-27-24-9-3-2-8-21(23)24)17-25(29)26-10-5-11-28-12-14-31-15-13-28/h2-4,6-9,16,18,22,27H,5,10-15,17H2,1H3,(H,26,29)/t22-/m1/s1. The number of benzene rings is 2. The molecule has 0 spiro atoms. The Morgan fingerprint density at radius 3 is 2.87 bits per heavy atom. The molecule has 1 amide bonds. The first kappa shape index (κ1) is 21.4. The second kappa shape index (κ2) is 10.5. The van der Waals surface area contributed by atoms with Crippen LogP contribution in [0.4, 0.5) is 0 Å². The Labute approximate surface area is 183 Å². The number of aromatic amines is 1. The number of amides is 1. The summed E-state index contributed by atoms with van der Waals surface area (Å²) in [6.07, 6.45) is 3.37. The van der Waals surface area contributed by atoms with Crippen molar-refractivity contribution < 1.29 is 14.3 Å². The molecule has 1 fully saturated rings. The minimum absolute atomic E-state index is 0.0505. The van der Waals surface area contributed by atoms with E-state index in [0.717, 1.165) is 67.0 Å². The van der Waals surface area contributed by atoms with Crippen LogP contribution in [0, 0.1) is 0 Å². The van der Waals surface area contributed by atoms with Gasteiger partial charge in [0, 0.05) is 49.1 Å². The first-order valence-electron chi connectivity index (χ1n) is 11.0. The maximum Gasteiger partial charge on any atom is 0.220 e. The lowest BCUT2D eigenvalue weighted by atomic mass is 9.88. The fraction of sp³-hybridized carbons (Fsp3) is 0.400. The number of aromatic nitrogens is 1. The number of rotatable bonds is 9. The second-order valence-corrected chi connectivity index (χ2v) is 7.98. The number of nitrogens with zero attached hydrogens (tertiary/aromatic N) is 1. The van der Waals surface area contributed by atoms with Crippen LogP contribution in [0.2, 0.25) is 0 Å². The number of morpholine rings is 1. The minimum Gasteiger partial charge on any atom is -0.497 e. The summed E-state index contributed by atoms with van der Waals surface area (Å²) in [6, 6.07) is 16.2. The Bertz CT molecular complexity index is 994. The maximum absolute atomic E-state index is 12.9. The van der Waals surface area contributed by atoms with Gasteiger partial charge in [0.05, 0.1) is 20.3 Å². The Kier molecular flexibility index (Phi) is 7.22. The van der Waals surface area contributed by atoms with Crippen molar-refractivity contribution in [1.82, 2.24) is 15.2 Å². The van der Waals surface area contributed by atoms with E-state index in [-0.39, 0.29) is 11.8 Å². The molecular weight excluding hydrogens is 390 g/mol. The Balaban J connectivity index is 1.45. The van der Waals surface area contributed by atoms with Crippen LogP contribution >= 0.6 is 0 Å². The third-order valence-electron chi connectivity index (χ3n) is 5.96. The van der Waals surface area contributed by atoms with Gasteiger partial charge in [0.15, 0.2) is 0 Å². The molecule has 1 aromatic heterocycles. The number of methoxy groups -OCH3 is 1. The van der Waals surface area contributed by atoms with E-state index in [9.17, 15) is 4.79 Å². The highest BCUT2D eigenvalue weighted by atomic mass is 16.5. The van der Waals surface area contributed by atoms with Crippen LogP contribution in [0.15, 0.2) is 54.7 Å². The second-order valence-electron chi connectivity index (χ2n) is 7.98. The maximum atomic E-state index is 12.9. The van der Waals surface area contributed by atoms with Crippen LogP contribution in [-0.4, -0.2) is 62.3 Å². The molecule has 0 bridgehead atoms. The van der Waals surface area contributed by atoms with Gasteiger partial charge in [-0.05, 0) is 42.3 Å². The number of hydrogen-bond donors (Lipinski definition) is 2. The van der Waals surface area contributed by atoms with Gasteiger partial charge in [0.1, 0.15) is 5.75 Å². The van der Waals surface area contributed by atoms with Crippen molar-refractivity contribution in [2.45, 2.75) is 18.8 Å². The highest BCUT2D eigenvalue weighted by Gasteiger charge is 2.22. The number of fused-ring (bicyclic) bond motifs is 1. The fourth-order valence-corrected chi connectivity index (χ4v) is 4.26. The predicted octanol–water partition coefficient (Wildman–Crippen LogP) is 3.54. The van der Waals surface area contributed by atoms with Crippen LogP contribution in [0.3, 0.4) is 0 Å². The summed E-state index contributed by atoms with van der Waals surface area (Å²) in [5.41, 5.74) is 3.29. The van der Waals surface area contributed by atoms with Gasteiger partial charge in [-0.15, -0.1) is 0 Å². The van der Waals surface area contributed by atoms with Crippen LogP contribution in [0.25, 0.3) is 10.9 Å². The Morgan fingerprint density at radius 1 is 1.19 bits per heavy atom. The third kappa shape index (κ3) is 5.46. The van der Waals surface area contributed by atoms with E-state index in [0.29, 0.717) is 13.0 Å². The number of hydrogen-bond acceptors (Lipinski definition) is 4. The molecule has 0 saturated carbocycles. The summed E-state index contributed by atoms with van der Waals surface area (Å²) in [7, 11) is 1.67. The monoisotopic (exact) mass is 421 g/mol. The van der Waals surface area contributed by atoms with Crippen molar-refractivity contribution in [3.63, 3.8) is 0 Å². The summed E-state index contributed by atoms with van der Waals surface area (Å²) >= 11 is 0. The molecule has 2 heterocycles. The molecule has 3 aromatic rings. The summed E-state index contributed by atoms with van der Waals surface area (Å²) < 4.78 is 10.8. The lowest BCUT2D eigenvalue weighted by Crippen LogP contribution is -2.38. The molecule has 0 unspecified atom stereocenters. The zero-order valence-corrected chi connectivity index (χ0v) is 18.1. The number of para-hydroxylation sites is 1. The van der Waals surface area contributed by atoms with Crippen molar-refractivity contribution in [2.75, 3.05) is 46.5 Å². The van der Waals surface area contributed by atoms with Crippen molar-refractivity contribution in [2.24, 2.45) is 0 Å². The van der Waals surface area contributed by atoms with Gasteiger partial charge in [-0.1, -0.05) is 30.3 Å². The lowest BCUT2D eigenvalue weighted by molar-refractivity contribution is -0.121. The van der Waals surface area contributed by atoms with E-state index >= 15 is 0 Å². The van der Waals surface area contributed by atoms with E-state index in [2.05, 4.69) is 33.4 Å². The molecule has 6 nitrogen and oxygen atoms in total. The molecular formula is C25H31N3O3. The van der Waals surface area contributed by atoms with Gasteiger partial charge in [-0.25, -0.2) is 0 Å². The van der Waals surface area contributed by atoms with Gasteiger partial charge >= 0.3 is 0 Å². The molecule has 1 aliphatic heterocycles. The zero-order chi connectivity index (χ0) is 21.5. The van der Waals surface area contributed by atoms with E-state index < -0.39 is 0 Å². The number of nitrogens with one attached hydrogen (secondary N) is 2. The zero-order valence-electron chi connectivity index (χ0n) is 18.1. The Morgan fingerprint density at radius 2 is 2.03 bits per heavy atom. The summed E-state index contributed by atoms with van der Waals surface area (Å²) in [5.74, 6) is 0.818. The number of H-pyrrole nitrogens is 1. The molecule has 2 N–H and O–H groups in total. The molecule has 31 heavy (non-hydrogen) atoms. The smallest absolute Gasteiger partial charge is 0.220 e. The van der Waals surface area contributed by atoms with Crippen LogP contribution in [-0.2, 0) is 9.53 Å². The summed E-state index contributed by atoms with van der Waals surface area (Å²) in [5, 5.41) is 4.27. The normalized spacial score (nSPS) is 15.6. The lowest BCUT2D eigenvalue weighted by Gasteiger charge is -2.26. The van der Waals surface area contributed by atoms with Gasteiger partial charge in [-0.3, -0.25) is 9.69 Å². The van der Waals surface area contributed by atoms with Gasteiger partial charge < -0.3 is 19.8 Å². The Hall–Kier alpha value is -2.83. The average Bonchev–Trinajstić information content (AvgIpc) is 3.25. The fourth-order valence-electron chi connectivity index (χ4n) is 4.26. The van der Waals surface area contributed by atoms with Crippen molar-refractivity contribution in [1.29, 1.82) is 0 Å². The largest absolute Gasteiger partial charge is 0.497 e. The molecule has 2 aromatic carbocycles. The molecule has 164 valence electrons. The molecule has 0 aliphatic carbocycles. The quantitative estimate of drug-likeness (QED) is 0.519. The summed E-state index contributed by atoms with van der Waals surface area (Å²) in [4.78, 5) is 18.6. The highest BCUT2D eigenvalue weighted by molar-refractivity contribution is 5.86. The topological polar surface area (TPSA) is 66.6 Å². The third-order valence-corrected chi connectivity index (χ3v) is 5.96. The molecule has 0 radical (unpaired) electrons. The van der Waals surface area contributed by atoms with Crippen molar-refractivity contribution in [3.05, 3.63) is 65.9 Å². The van der Waals surface area contributed by atoms with Gasteiger partial charge in [0.25, 0.3) is 0 Å². The van der Waals surface area contributed by atoms with Crippen LogP contribution < -0.4 is 10.1 Å². The first-order chi connectivity index (χ1) is 15.2. The highest BCUT2D eigenvalue weighted by Crippen LogP contribution is 2.34. The SMILES string of the molecule is COc1cccc([C@@H](CC(=O)NCCCN2CCOCC2)c2c[nH]c3ccccc23)c1. The summed E-state index contributed by atoms with van der Waals surface area (Å²) in [6.45, 7) is 5.25. The van der Waals surface area contributed by atoms with Crippen molar-refractivity contribution in [3.8, 4) is 5.75 Å². The van der Waals surface area contributed by atoms with Crippen LogP contribution in [0.1, 0.15) is 29.9 Å². The molecule has 6 heteroatoms. The molecule has 1 atom stereocenters. The first-order valence-corrected chi connectivity index (χ1v) is 11.0. The number of carbonyl (C=O) groups excluding carboxylic acids is 1. The minimum atomic E-state index is -0.0505. The molecule has 4 rings (SSSR count). The number of ether oxygens (including phenoxy) is 2.